The number of nitrogens with zero attached hydrogens (tertiary/aromatic N) is 5. The largest absolute Gasteiger partial charge is 0.341 e. The van der Waals surface area contributed by atoms with Crippen molar-refractivity contribution in [3.05, 3.63) is 64.7 Å². The molecule has 0 spiro atoms. The number of amides is 1. The summed E-state index contributed by atoms with van der Waals surface area (Å²) < 4.78 is 1.93. The Morgan fingerprint density at radius 1 is 1.07 bits per heavy atom. The predicted octanol–water partition coefficient (Wildman–Crippen LogP) is 3.65. The number of hydrogen-bond donors (Lipinski definition) is 0. The lowest BCUT2D eigenvalue weighted by molar-refractivity contribution is -0.127. The molecule has 1 amide bonds. The number of thioether (sulfide) groups is 1. The van der Waals surface area contributed by atoms with Crippen molar-refractivity contribution in [2.24, 2.45) is 0 Å². The van der Waals surface area contributed by atoms with Crippen LogP contribution < -0.4 is 0 Å². The molecule has 2 heterocycles. The van der Waals surface area contributed by atoms with Crippen LogP contribution in [0.1, 0.15) is 28.3 Å². The van der Waals surface area contributed by atoms with E-state index in [1.165, 1.54) is 11.8 Å². The van der Waals surface area contributed by atoms with Crippen LogP contribution in [0.15, 0.2) is 41.6 Å². The van der Waals surface area contributed by atoms with E-state index in [4.69, 9.17) is 0 Å². The van der Waals surface area contributed by atoms with Crippen molar-refractivity contribution < 1.29 is 4.79 Å². The van der Waals surface area contributed by atoms with Gasteiger partial charge < -0.3 is 4.90 Å². The molecule has 0 aliphatic rings. The van der Waals surface area contributed by atoms with Gasteiger partial charge in [0.05, 0.1) is 17.1 Å². The van der Waals surface area contributed by atoms with E-state index in [9.17, 15) is 4.79 Å². The third kappa shape index (κ3) is 4.59. The highest BCUT2D eigenvalue weighted by atomic mass is 32.2. The van der Waals surface area contributed by atoms with Crippen molar-refractivity contribution in [1.29, 1.82) is 0 Å². The molecule has 7 heteroatoms. The van der Waals surface area contributed by atoms with Crippen molar-refractivity contribution in [3.63, 3.8) is 0 Å². The molecule has 146 valence electrons. The minimum absolute atomic E-state index is 0.0408. The number of aryl methyl sites for hydroxylation is 3. The second kappa shape index (κ2) is 8.56. The third-order valence-electron chi connectivity index (χ3n) is 4.55. The van der Waals surface area contributed by atoms with Crippen LogP contribution in [0.25, 0.3) is 5.69 Å². The molecular formula is C21H25N5OS. The molecule has 0 saturated carbocycles. The fourth-order valence-corrected chi connectivity index (χ4v) is 3.93. The molecule has 3 aromatic rings. The predicted molar refractivity (Wildman–Crippen MR) is 112 cm³/mol. The summed E-state index contributed by atoms with van der Waals surface area (Å²) in [6.07, 6.45) is 0. The molecule has 0 saturated heterocycles. The minimum atomic E-state index is 0.0408. The SMILES string of the molecule is Cc1cc(C)nc(SCC(=O)N(C)Cc2c(C)nn(-c3ccccc3)c2C)n1. The number of carbonyl (C=O) groups excluding carboxylic acids is 1. The zero-order valence-electron chi connectivity index (χ0n) is 16.9. The van der Waals surface area contributed by atoms with Gasteiger partial charge in [-0.25, -0.2) is 14.6 Å². The first-order valence-corrected chi connectivity index (χ1v) is 10.1. The van der Waals surface area contributed by atoms with Crippen LogP contribution >= 0.6 is 11.8 Å². The summed E-state index contributed by atoms with van der Waals surface area (Å²) >= 11 is 1.37. The van der Waals surface area contributed by atoms with Crippen LogP contribution in [0.3, 0.4) is 0 Å². The summed E-state index contributed by atoms with van der Waals surface area (Å²) in [5.41, 5.74) is 5.91. The third-order valence-corrected chi connectivity index (χ3v) is 5.38. The lowest BCUT2D eigenvalue weighted by Crippen LogP contribution is -2.28. The number of aromatic nitrogens is 4. The van der Waals surface area contributed by atoms with Crippen molar-refractivity contribution in [3.8, 4) is 5.69 Å². The number of rotatable bonds is 6. The number of para-hydroxylation sites is 1. The molecule has 1 aromatic carbocycles. The number of hydrogen-bond acceptors (Lipinski definition) is 5. The first-order chi connectivity index (χ1) is 13.3. The van der Waals surface area contributed by atoms with Gasteiger partial charge in [-0.2, -0.15) is 5.10 Å². The first kappa shape index (κ1) is 20.1. The minimum Gasteiger partial charge on any atom is -0.341 e. The first-order valence-electron chi connectivity index (χ1n) is 9.14. The molecular weight excluding hydrogens is 370 g/mol. The van der Waals surface area contributed by atoms with Gasteiger partial charge in [-0.3, -0.25) is 4.79 Å². The van der Waals surface area contributed by atoms with E-state index in [0.29, 0.717) is 17.5 Å². The standard InChI is InChI=1S/C21H25N5OS/c1-14-11-15(2)23-21(22-14)28-13-20(27)25(5)12-19-16(3)24-26(17(19)4)18-9-7-6-8-10-18/h6-11H,12-13H2,1-5H3. The maximum atomic E-state index is 12.6. The van der Waals surface area contributed by atoms with Gasteiger partial charge in [-0.05, 0) is 45.9 Å². The highest BCUT2D eigenvalue weighted by molar-refractivity contribution is 7.99. The Balaban J connectivity index is 1.68. The van der Waals surface area contributed by atoms with Gasteiger partial charge in [-0.15, -0.1) is 0 Å². The molecule has 0 aliphatic carbocycles. The number of benzene rings is 1. The normalized spacial score (nSPS) is 10.9. The average Bonchev–Trinajstić information content (AvgIpc) is 2.94. The summed E-state index contributed by atoms with van der Waals surface area (Å²) in [6, 6.07) is 11.9. The van der Waals surface area contributed by atoms with Crippen LogP contribution in [0.5, 0.6) is 0 Å². The van der Waals surface area contributed by atoms with Crippen molar-refractivity contribution in [2.75, 3.05) is 12.8 Å². The van der Waals surface area contributed by atoms with E-state index in [1.807, 2.05) is 75.8 Å². The molecule has 0 unspecified atom stereocenters. The molecule has 0 atom stereocenters. The Morgan fingerprint density at radius 3 is 2.36 bits per heavy atom. The van der Waals surface area contributed by atoms with Gasteiger partial charge in [0, 0.05) is 36.2 Å². The molecule has 3 rings (SSSR count). The van der Waals surface area contributed by atoms with Crippen molar-refractivity contribution in [1.82, 2.24) is 24.6 Å². The fourth-order valence-electron chi connectivity index (χ4n) is 3.04. The van der Waals surface area contributed by atoms with Crippen molar-refractivity contribution in [2.45, 2.75) is 39.4 Å². The highest BCUT2D eigenvalue weighted by Gasteiger charge is 2.17. The molecule has 2 aromatic heterocycles. The van der Waals surface area contributed by atoms with Gasteiger partial charge >= 0.3 is 0 Å². The summed E-state index contributed by atoms with van der Waals surface area (Å²) in [6.45, 7) is 8.42. The molecule has 0 bridgehead atoms. The Bertz CT molecular complexity index is 964. The lowest BCUT2D eigenvalue weighted by Gasteiger charge is -2.17. The molecule has 28 heavy (non-hydrogen) atoms. The second-order valence-electron chi connectivity index (χ2n) is 6.87. The molecule has 0 radical (unpaired) electrons. The fraction of sp³-hybridized carbons (Fsp3) is 0.333. The molecule has 6 nitrogen and oxygen atoms in total. The van der Waals surface area contributed by atoms with Crippen LogP contribution in [-0.2, 0) is 11.3 Å². The number of carbonyl (C=O) groups is 1. The zero-order chi connectivity index (χ0) is 20.3. The van der Waals surface area contributed by atoms with Gasteiger partial charge in [0.1, 0.15) is 0 Å². The van der Waals surface area contributed by atoms with Crippen LogP contribution in [-0.4, -0.2) is 43.4 Å². The molecule has 0 aliphatic heterocycles. The summed E-state index contributed by atoms with van der Waals surface area (Å²) in [7, 11) is 1.82. The monoisotopic (exact) mass is 395 g/mol. The maximum Gasteiger partial charge on any atom is 0.233 e. The smallest absolute Gasteiger partial charge is 0.233 e. The highest BCUT2D eigenvalue weighted by Crippen LogP contribution is 2.20. The van der Waals surface area contributed by atoms with Gasteiger partial charge in [0.2, 0.25) is 5.91 Å². The summed E-state index contributed by atoms with van der Waals surface area (Å²) in [5, 5.41) is 5.30. The summed E-state index contributed by atoms with van der Waals surface area (Å²) in [4.78, 5) is 23.1. The van der Waals surface area contributed by atoms with Crippen LogP contribution in [0.4, 0.5) is 0 Å². The van der Waals surface area contributed by atoms with E-state index in [1.54, 1.807) is 4.90 Å². The molecule has 0 N–H and O–H groups in total. The van der Waals surface area contributed by atoms with E-state index < -0.39 is 0 Å². The van der Waals surface area contributed by atoms with Gasteiger partial charge in [-0.1, -0.05) is 30.0 Å². The topological polar surface area (TPSA) is 63.9 Å². The quantitative estimate of drug-likeness (QED) is 0.471. The molecule has 0 fully saturated rings. The van der Waals surface area contributed by atoms with Crippen LogP contribution in [0, 0.1) is 27.7 Å². The second-order valence-corrected chi connectivity index (χ2v) is 7.81. The Hall–Kier alpha value is -2.67. The maximum absolute atomic E-state index is 12.6. The zero-order valence-corrected chi connectivity index (χ0v) is 17.7. The summed E-state index contributed by atoms with van der Waals surface area (Å²) in [5.74, 6) is 0.351. The Morgan fingerprint density at radius 2 is 1.71 bits per heavy atom. The van der Waals surface area contributed by atoms with Crippen molar-refractivity contribution >= 4 is 17.7 Å². The van der Waals surface area contributed by atoms with E-state index in [-0.39, 0.29) is 5.91 Å². The van der Waals surface area contributed by atoms with Gasteiger partial charge in [0.25, 0.3) is 0 Å². The Kier molecular flexibility index (Phi) is 6.14. The van der Waals surface area contributed by atoms with E-state index >= 15 is 0 Å². The lowest BCUT2D eigenvalue weighted by atomic mass is 10.2. The van der Waals surface area contributed by atoms with E-state index in [0.717, 1.165) is 34.0 Å². The average molecular weight is 396 g/mol. The van der Waals surface area contributed by atoms with Gasteiger partial charge in [0.15, 0.2) is 5.16 Å². The van der Waals surface area contributed by atoms with E-state index in [2.05, 4.69) is 15.1 Å². The van der Waals surface area contributed by atoms with Crippen LogP contribution in [0.2, 0.25) is 0 Å². The Labute approximate surface area is 170 Å².